The van der Waals surface area contributed by atoms with Crippen LogP contribution in [0.4, 0.5) is 8.78 Å². The summed E-state index contributed by atoms with van der Waals surface area (Å²) in [5.41, 5.74) is -0.132. The Bertz CT molecular complexity index is 880. The standard InChI is InChI=1S/C13H11F2N6O3.Y/c1-20-13(22)21(19-18-20)9-3-2-4-10(24-12(14)15)8(9)7-23-11-5-6-16-17-11;/h2-6,12H,7H2,1H3;/q-1;. The first-order chi connectivity index (χ1) is 11.6. The van der Waals surface area contributed by atoms with E-state index >= 15 is 0 Å². The van der Waals surface area contributed by atoms with Crippen molar-refractivity contribution in [3.8, 4) is 17.3 Å². The maximum atomic E-state index is 12.6. The van der Waals surface area contributed by atoms with Gasteiger partial charge >= 0.3 is 12.3 Å². The van der Waals surface area contributed by atoms with Crippen LogP contribution >= 0.6 is 0 Å². The number of benzene rings is 1. The molecule has 0 aliphatic rings. The summed E-state index contributed by atoms with van der Waals surface area (Å²) in [5.74, 6) is 0.0684. The van der Waals surface area contributed by atoms with Crippen LogP contribution in [-0.2, 0) is 46.4 Å². The van der Waals surface area contributed by atoms with Crippen molar-refractivity contribution in [2.24, 2.45) is 7.05 Å². The van der Waals surface area contributed by atoms with Gasteiger partial charge in [-0.2, -0.15) is 24.3 Å². The van der Waals surface area contributed by atoms with Gasteiger partial charge in [0.1, 0.15) is 12.4 Å². The van der Waals surface area contributed by atoms with Gasteiger partial charge in [0.25, 0.3) is 0 Å². The molecule has 0 spiro atoms. The van der Waals surface area contributed by atoms with Crippen LogP contribution in [-0.4, -0.2) is 31.5 Å². The Balaban J connectivity index is 0.00000225. The van der Waals surface area contributed by atoms with Gasteiger partial charge in [-0.15, -0.1) is 0 Å². The zero-order valence-corrected chi connectivity index (χ0v) is 15.8. The van der Waals surface area contributed by atoms with E-state index in [1.807, 2.05) is 0 Å². The van der Waals surface area contributed by atoms with Crippen molar-refractivity contribution in [3.05, 3.63) is 46.5 Å². The van der Waals surface area contributed by atoms with Gasteiger partial charge in [0, 0.05) is 39.8 Å². The quantitative estimate of drug-likeness (QED) is 0.566. The first-order valence-electron chi connectivity index (χ1n) is 6.69. The molecule has 0 atom stereocenters. The second-order valence-electron chi connectivity index (χ2n) is 4.59. The van der Waals surface area contributed by atoms with E-state index in [1.54, 1.807) is 0 Å². The third-order valence-corrected chi connectivity index (χ3v) is 3.08. The van der Waals surface area contributed by atoms with Crippen molar-refractivity contribution in [2.45, 2.75) is 13.2 Å². The number of tetrazole rings is 1. The molecule has 0 unspecified atom stereocenters. The summed E-state index contributed by atoms with van der Waals surface area (Å²) in [4.78, 5) is 12.0. The number of hydrogen-bond donors (Lipinski definition) is 0. The van der Waals surface area contributed by atoms with Gasteiger partial charge in [-0.25, -0.2) is 4.79 Å². The molecule has 0 amide bonds. The van der Waals surface area contributed by atoms with Gasteiger partial charge in [-0.05, 0) is 28.6 Å². The first-order valence-corrected chi connectivity index (χ1v) is 6.69. The SMILES string of the molecule is Cn1nnn(-c2cccc(OC(F)F)c2COc2cc[n-]n2)c1=O.[Y]. The summed E-state index contributed by atoms with van der Waals surface area (Å²) in [5, 5.41) is 14.6. The third-order valence-electron chi connectivity index (χ3n) is 3.08. The fourth-order valence-corrected chi connectivity index (χ4v) is 2.01. The molecular weight excluding hydrogens is 415 g/mol. The van der Waals surface area contributed by atoms with Gasteiger partial charge in [-0.1, -0.05) is 6.07 Å². The molecule has 1 radical (unpaired) electrons. The molecule has 0 saturated carbocycles. The van der Waals surface area contributed by atoms with Crippen molar-refractivity contribution < 1.29 is 51.0 Å². The second kappa shape index (κ2) is 8.30. The van der Waals surface area contributed by atoms with Crippen molar-refractivity contribution in [1.29, 1.82) is 0 Å². The Morgan fingerprint density at radius 1 is 1.28 bits per heavy atom. The molecular formula is C13H11F2N6O3Y-. The van der Waals surface area contributed by atoms with E-state index in [0.717, 1.165) is 9.36 Å². The maximum absolute atomic E-state index is 12.6. The fourth-order valence-electron chi connectivity index (χ4n) is 2.01. The van der Waals surface area contributed by atoms with E-state index < -0.39 is 12.3 Å². The van der Waals surface area contributed by atoms with Crippen molar-refractivity contribution >= 4 is 0 Å². The molecule has 0 N–H and O–H groups in total. The summed E-state index contributed by atoms with van der Waals surface area (Å²) in [6, 6.07) is 5.82. The molecule has 3 aromatic rings. The van der Waals surface area contributed by atoms with Gasteiger partial charge < -0.3 is 19.7 Å². The van der Waals surface area contributed by atoms with Crippen LogP contribution in [0.2, 0.25) is 0 Å². The molecule has 2 aromatic heterocycles. The van der Waals surface area contributed by atoms with E-state index in [1.165, 1.54) is 37.5 Å². The molecule has 0 bridgehead atoms. The van der Waals surface area contributed by atoms with Crippen LogP contribution < -0.4 is 20.3 Å². The van der Waals surface area contributed by atoms with Gasteiger partial charge in [0.05, 0.1) is 11.3 Å². The maximum Gasteiger partial charge on any atom is 0.387 e. The largest absolute Gasteiger partial charge is 0.579 e. The molecule has 2 heterocycles. The van der Waals surface area contributed by atoms with E-state index in [9.17, 15) is 13.6 Å². The molecule has 9 nitrogen and oxygen atoms in total. The van der Waals surface area contributed by atoms with Crippen molar-refractivity contribution in [3.63, 3.8) is 0 Å². The van der Waals surface area contributed by atoms with E-state index in [0.29, 0.717) is 0 Å². The Hall–Kier alpha value is -2.14. The van der Waals surface area contributed by atoms with Crippen LogP contribution in [0.15, 0.2) is 35.3 Å². The van der Waals surface area contributed by atoms with E-state index in [-0.39, 0.29) is 62.2 Å². The Kier molecular flexibility index (Phi) is 6.37. The molecule has 0 aliphatic carbocycles. The van der Waals surface area contributed by atoms with Gasteiger partial charge in [-0.3, -0.25) is 0 Å². The third kappa shape index (κ3) is 4.29. The molecule has 0 aliphatic heterocycles. The first kappa shape index (κ1) is 19.2. The molecule has 129 valence electrons. The normalized spacial score (nSPS) is 10.6. The number of ether oxygens (including phenoxy) is 2. The minimum absolute atomic E-state index is 0. The summed E-state index contributed by atoms with van der Waals surface area (Å²) in [7, 11) is 1.42. The number of halogens is 2. The van der Waals surface area contributed by atoms with Crippen LogP contribution in [0.3, 0.4) is 0 Å². The second-order valence-corrected chi connectivity index (χ2v) is 4.59. The summed E-state index contributed by atoms with van der Waals surface area (Å²) in [6.07, 6.45) is 1.42. The number of alkyl halides is 2. The number of nitrogens with zero attached hydrogens (tertiary/aromatic N) is 6. The zero-order chi connectivity index (χ0) is 17.1. The smallest absolute Gasteiger partial charge is 0.387 e. The molecule has 0 fully saturated rings. The van der Waals surface area contributed by atoms with Crippen molar-refractivity contribution in [1.82, 2.24) is 30.0 Å². The zero-order valence-electron chi connectivity index (χ0n) is 12.9. The summed E-state index contributed by atoms with van der Waals surface area (Å²) < 4.78 is 37.2. The number of aromatic nitrogens is 6. The summed E-state index contributed by atoms with van der Waals surface area (Å²) in [6.45, 7) is -3.21. The molecule has 0 saturated heterocycles. The van der Waals surface area contributed by atoms with E-state index in [4.69, 9.17) is 4.74 Å². The van der Waals surface area contributed by atoms with Crippen molar-refractivity contribution in [2.75, 3.05) is 0 Å². The summed E-state index contributed by atoms with van der Waals surface area (Å²) >= 11 is 0. The van der Waals surface area contributed by atoms with Crippen LogP contribution in [0, 0.1) is 0 Å². The number of rotatable bonds is 6. The Morgan fingerprint density at radius 3 is 2.68 bits per heavy atom. The monoisotopic (exact) mass is 426 g/mol. The minimum atomic E-state index is -3.03. The van der Waals surface area contributed by atoms with Crippen LogP contribution in [0.25, 0.3) is 5.69 Å². The topological polar surface area (TPSA) is 98.2 Å². The number of hydrogen-bond acceptors (Lipinski definition) is 6. The molecule has 1 aromatic carbocycles. The molecule has 25 heavy (non-hydrogen) atoms. The van der Waals surface area contributed by atoms with Crippen LogP contribution in [0.5, 0.6) is 11.6 Å². The van der Waals surface area contributed by atoms with Crippen LogP contribution in [0.1, 0.15) is 5.56 Å². The number of aryl methyl sites for hydroxylation is 1. The predicted molar refractivity (Wildman–Crippen MR) is 75.1 cm³/mol. The molecule has 3 rings (SSSR count). The van der Waals surface area contributed by atoms with Gasteiger partial charge in [0.15, 0.2) is 5.88 Å². The molecule has 12 heteroatoms. The van der Waals surface area contributed by atoms with Gasteiger partial charge in [0.2, 0.25) is 0 Å². The average molecular weight is 426 g/mol. The predicted octanol–water partition coefficient (Wildman–Crippen LogP) is 0.496. The average Bonchev–Trinajstić information content (AvgIpc) is 3.17. The Morgan fingerprint density at radius 2 is 2.08 bits per heavy atom. The van der Waals surface area contributed by atoms with E-state index in [2.05, 4.69) is 25.4 Å². The fraction of sp³-hybridized carbons (Fsp3) is 0.231. The minimum Gasteiger partial charge on any atom is -0.579 e. The Labute approximate surface area is 164 Å².